The quantitative estimate of drug-likeness (QED) is 0.647. The van der Waals surface area contributed by atoms with E-state index in [0.717, 1.165) is 10.6 Å². The fourth-order valence-corrected chi connectivity index (χ4v) is 2.64. The van der Waals surface area contributed by atoms with Crippen LogP contribution in [0, 0.1) is 6.92 Å². The van der Waals surface area contributed by atoms with Crippen LogP contribution in [0.2, 0.25) is 0 Å². The number of ether oxygens (including phenoxy) is 1. The molecule has 1 amide bonds. The van der Waals surface area contributed by atoms with Crippen LogP contribution in [0.5, 0.6) is 5.75 Å². The summed E-state index contributed by atoms with van der Waals surface area (Å²) in [6.07, 6.45) is 1.70. The highest BCUT2D eigenvalue weighted by Crippen LogP contribution is 2.38. The third-order valence-corrected chi connectivity index (χ3v) is 3.67. The highest BCUT2D eigenvalue weighted by molar-refractivity contribution is 7.99. The normalized spacial score (nSPS) is 13.3. The number of fused-ring (bicyclic) bond motifs is 1. The zero-order valence-electron chi connectivity index (χ0n) is 10.7. The van der Waals surface area contributed by atoms with E-state index in [-0.39, 0.29) is 12.5 Å². The van der Waals surface area contributed by atoms with Crippen molar-refractivity contribution in [2.75, 3.05) is 17.7 Å². The Hall–Kier alpha value is -2.28. The van der Waals surface area contributed by atoms with Crippen molar-refractivity contribution in [3.63, 3.8) is 0 Å². The van der Waals surface area contributed by atoms with Crippen LogP contribution in [-0.2, 0) is 4.79 Å². The fraction of sp³-hybridized carbons (Fsp3) is 0.154. The van der Waals surface area contributed by atoms with Crippen molar-refractivity contribution < 1.29 is 9.53 Å². The Balaban J connectivity index is 1.94. The van der Waals surface area contributed by atoms with Gasteiger partial charge in [0.05, 0.1) is 5.69 Å². The largest absolute Gasteiger partial charge is 0.482 e. The molecule has 1 aromatic heterocycles. The molecule has 0 saturated heterocycles. The number of benzene rings is 1. The standard InChI is InChI=1S/C13H12N4O2S/c1-7-2-3-15-13(16-7)20-11-5-9-10(4-8(11)14)19-6-12(18)17-9/h2-5H,6,14H2,1H3,(H,17,18). The maximum atomic E-state index is 11.3. The third kappa shape index (κ3) is 2.53. The molecule has 0 atom stereocenters. The summed E-state index contributed by atoms with van der Waals surface area (Å²) >= 11 is 1.35. The number of aryl methyl sites for hydroxylation is 1. The Morgan fingerprint density at radius 3 is 3.10 bits per heavy atom. The molecule has 0 radical (unpaired) electrons. The first-order chi connectivity index (χ1) is 9.61. The number of rotatable bonds is 2. The van der Waals surface area contributed by atoms with Gasteiger partial charge in [-0.2, -0.15) is 0 Å². The highest BCUT2D eigenvalue weighted by Gasteiger charge is 2.18. The Bertz CT molecular complexity index is 690. The summed E-state index contributed by atoms with van der Waals surface area (Å²) in [7, 11) is 0. The third-order valence-electron chi connectivity index (χ3n) is 2.72. The van der Waals surface area contributed by atoms with Crippen LogP contribution in [0.25, 0.3) is 0 Å². The van der Waals surface area contributed by atoms with Crippen molar-refractivity contribution in [3.05, 3.63) is 30.1 Å². The van der Waals surface area contributed by atoms with Gasteiger partial charge >= 0.3 is 0 Å². The molecule has 0 unspecified atom stereocenters. The van der Waals surface area contributed by atoms with Gasteiger partial charge in [-0.05, 0) is 30.8 Å². The maximum absolute atomic E-state index is 11.3. The van der Waals surface area contributed by atoms with E-state index in [1.54, 1.807) is 18.3 Å². The summed E-state index contributed by atoms with van der Waals surface area (Å²) < 4.78 is 5.31. The lowest BCUT2D eigenvalue weighted by Gasteiger charge is -2.19. The second kappa shape index (κ2) is 5.01. The second-order valence-corrected chi connectivity index (χ2v) is 5.31. The number of nitrogens with two attached hydrogens (primary N) is 1. The molecule has 3 rings (SSSR count). The molecule has 0 bridgehead atoms. The van der Waals surface area contributed by atoms with E-state index in [2.05, 4.69) is 15.3 Å². The Kier molecular flexibility index (Phi) is 3.19. The van der Waals surface area contributed by atoms with Crippen LogP contribution in [0.15, 0.2) is 34.4 Å². The molecule has 2 aromatic rings. The molecule has 0 saturated carbocycles. The van der Waals surface area contributed by atoms with Crippen molar-refractivity contribution in [1.82, 2.24) is 9.97 Å². The molecular weight excluding hydrogens is 276 g/mol. The molecule has 1 aromatic carbocycles. The molecule has 7 heteroatoms. The second-order valence-electron chi connectivity index (χ2n) is 4.31. The van der Waals surface area contributed by atoms with Gasteiger partial charge in [0.25, 0.3) is 5.91 Å². The van der Waals surface area contributed by atoms with Gasteiger partial charge in [0.2, 0.25) is 0 Å². The molecule has 1 aliphatic rings. The summed E-state index contributed by atoms with van der Waals surface area (Å²) in [6.45, 7) is 1.91. The van der Waals surface area contributed by atoms with Gasteiger partial charge in [0.15, 0.2) is 11.8 Å². The number of carbonyl (C=O) groups is 1. The summed E-state index contributed by atoms with van der Waals surface area (Å²) in [5, 5.41) is 3.36. The van der Waals surface area contributed by atoms with Crippen molar-refractivity contribution in [2.24, 2.45) is 0 Å². The maximum Gasteiger partial charge on any atom is 0.262 e. The zero-order valence-corrected chi connectivity index (χ0v) is 11.5. The molecular formula is C13H12N4O2S. The fourth-order valence-electron chi connectivity index (χ4n) is 1.78. The van der Waals surface area contributed by atoms with Gasteiger partial charge in [0, 0.05) is 28.5 Å². The number of amides is 1. The van der Waals surface area contributed by atoms with Crippen LogP contribution in [0.4, 0.5) is 11.4 Å². The van der Waals surface area contributed by atoms with Gasteiger partial charge in [0.1, 0.15) is 5.75 Å². The predicted molar refractivity (Wildman–Crippen MR) is 75.9 cm³/mol. The minimum Gasteiger partial charge on any atom is -0.482 e. The number of anilines is 2. The van der Waals surface area contributed by atoms with E-state index < -0.39 is 0 Å². The number of hydrogen-bond donors (Lipinski definition) is 2. The smallest absolute Gasteiger partial charge is 0.262 e. The van der Waals surface area contributed by atoms with Crippen LogP contribution in [-0.4, -0.2) is 22.5 Å². The zero-order chi connectivity index (χ0) is 14.1. The van der Waals surface area contributed by atoms with Gasteiger partial charge in [-0.1, -0.05) is 0 Å². The first-order valence-electron chi connectivity index (χ1n) is 5.95. The monoisotopic (exact) mass is 288 g/mol. The van der Waals surface area contributed by atoms with E-state index in [1.807, 2.05) is 13.0 Å². The Morgan fingerprint density at radius 1 is 1.45 bits per heavy atom. The molecule has 20 heavy (non-hydrogen) atoms. The average Bonchev–Trinajstić information content (AvgIpc) is 2.40. The van der Waals surface area contributed by atoms with Crippen molar-refractivity contribution in [3.8, 4) is 5.75 Å². The van der Waals surface area contributed by atoms with E-state index >= 15 is 0 Å². The Labute approximate surface area is 119 Å². The van der Waals surface area contributed by atoms with Crippen molar-refractivity contribution in [2.45, 2.75) is 17.0 Å². The summed E-state index contributed by atoms with van der Waals surface area (Å²) in [5.74, 6) is 0.404. The predicted octanol–water partition coefficient (Wildman–Crippen LogP) is 1.85. The summed E-state index contributed by atoms with van der Waals surface area (Å²) in [4.78, 5) is 20.6. The van der Waals surface area contributed by atoms with Crippen LogP contribution < -0.4 is 15.8 Å². The molecule has 6 nitrogen and oxygen atoms in total. The SMILES string of the molecule is Cc1ccnc(Sc2cc3c(cc2N)OCC(=O)N3)n1. The molecule has 3 N–H and O–H groups in total. The van der Waals surface area contributed by atoms with Crippen LogP contribution in [0.1, 0.15) is 5.69 Å². The highest BCUT2D eigenvalue weighted by atomic mass is 32.2. The first kappa shape index (κ1) is 12.7. The lowest BCUT2D eigenvalue weighted by Crippen LogP contribution is -2.25. The molecule has 1 aliphatic heterocycles. The molecule has 0 aliphatic carbocycles. The summed E-state index contributed by atoms with van der Waals surface area (Å²) in [6, 6.07) is 5.30. The van der Waals surface area contributed by atoms with Crippen LogP contribution >= 0.6 is 11.8 Å². The van der Waals surface area contributed by atoms with Gasteiger partial charge in [-0.25, -0.2) is 9.97 Å². The van der Waals surface area contributed by atoms with E-state index in [1.165, 1.54) is 11.8 Å². The minimum absolute atomic E-state index is 0.0138. The molecule has 0 fully saturated rings. The van der Waals surface area contributed by atoms with Gasteiger partial charge in [-0.15, -0.1) is 0 Å². The average molecular weight is 288 g/mol. The van der Waals surface area contributed by atoms with E-state index in [9.17, 15) is 4.79 Å². The van der Waals surface area contributed by atoms with Gasteiger partial charge in [-0.3, -0.25) is 4.79 Å². The molecule has 0 spiro atoms. The summed E-state index contributed by atoms with van der Waals surface area (Å²) in [5.41, 5.74) is 8.06. The lowest BCUT2D eigenvalue weighted by molar-refractivity contribution is -0.118. The number of aromatic nitrogens is 2. The number of carbonyl (C=O) groups excluding carboxylic acids is 1. The van der Waals surface area contributed by atoms with Crippen molar-refractivity contribution in [1.29, 1.82) is 0 Å². The number of nitrogens with one attached hydrogen (secondary N) is 1. The first-order valence-corrected chi connectivity index (χ1v) is 6.77. The van der Waals surface area contributed by atoms with E-state index in [0.29, 0.717) is 22.3 Å². The topological polar surface area (TPSA) is 90.1 Å². The van der Waals surface area contributed by atoms with Crippen molar-refractivity contribution >= 4 is 29.0 Å². The number of nitrogens with zero attached hydrogens (tertiary/aromatic N) is 2. The lowest BCUT2D eigenvalue weighted by atomic mass is 10.2. The van der Waals surface area contributed by atoms with Gasteiger partial charge < -0.3 is 15.8 Å². The molecule has 102 valence electrons. The van der Waals surface area contributed by atoms with Crippen LogP contribution in [0.3, 0.4) is 0 Å². The number of hydrogen-bond acceptors (Lipinski definition) is 6. The van der Waals surface area contributed by atoms with E-state index in [4.69, 9.17) is 10.5 Å². The Morgan fingerprint density at radius 2 is 2.30 bits per heavy atom. The number of nitrogen functional groups attached to an aromatic ring is 1. The molecule has 2 heterocycles. The minimum atomic E-state index is -0.176.